The number of benzene rings is 1. The molecule has 1 fully saturated rings. The average Bonchev–Trinajstić information content (AvgIpc) is 2.66. The van der Waals surface area contributed by atoms with Gasteiger partial charge in [-0.05, 0) is 30.7 Å². The van der Waals surface area contributed by atoms with Crippen molar-refractivity contribution in [3.8, 4) is 0 Å². The number of anilines is 2. The van der Waals surface area contributed by atoms with Gasteiger partial charge < -0.3 is 16.4 Å². The van der Waals surface area contributed by atoms with E-state index in [0.29, 0.717) is 6.04 Å². The van der Waals surface area contributed by atoms with Crippen LogP contribution in [-0.4, -0.2) is 23.1 Å². The topological polar surface area (TPSA) is 67.2 Å². The Bertz CT molecular complexity index is 393. The third-order valence-electron chi connectivity index (χ3n) is 2.72. The van der Waals surface area contributed by atoms with E-state index in [2.05, 4.69) is 17.6 Å². The van der Waals surface area contributed by atoms with E-state index in [0.717, 1.165) is 22.4 Å². The first-order chi connectivity index (χ1) is 8.13. The number of amides is 2. The van der Waals surface area contributed by atoms with Gasteiger partial charge in [0.15, 0.2) is 0 Å². The minimum absolute atomic E-state index is 0.535. The maximum Gasteiger partial charge on any atom is 0.316 e. The zero-order valence-corrected chi connectivity index (χ0v) is 10.6. The normalized spacial score (nSPS) is 23.4. The van der Waals surface area contributed by atoms with E-state index in [-0.39, 0.29) is 0 Å². The molecule has 1 heterocycles. The standard InChI is InChI=1S/C12H17N3OS/c1-8-6-11(7-17-8)14-9-2-4-10(5-3-9)15-12(13)16/h2-5,8,11,14H,6-7H2,1H3,(H3,13,15,16). The summed E-state index contributed by atoms with van der Waals surface area (Å²) >= 11 is 2.00. The van der Waals surface area contributed by atoms with Gasteiger partial charge in [-0.25, -0.2) is 4.79 Å². The number of primary amides is 1. The van der Waals surface area contributed by atoms with E-state index >= 15 is 0 Å². The quantitative estimate of drug-likeness (QED) is 0.773. The zero-order chi connectivity index (χ0) is 12.3. The zero-order valence-electron chi connectivity index (χ0n) is 9.77. The molecule has 92 valence electrons. The lowest BCUT2D eigenvalue weighted by Gasteiger charge is -2.13. The van der Waals surface area contributed by atoms with Gasteiger partial charge in [-0.15, -0.1) is 0 Å². The summed E-state index contributed by atoms with van der Waals surface area (Å²) in [4.78, 5) is 10.7. The van der Waals surface area contributed by atoms with E-state index in [4.69, 9.17) is 5.73 Å². The molecule has 2 atom stereocenters. The molecule has 0 saturated carbocycles. The SMILES string of the molecule is CC1CC(Nc2ccc(NC(N)=O)cc2)CS1. The molecule has 1 aromatic rings. The monoisotopic (exact) mass is 251 g/mol. The predicted octanol–water partition coefficient (Wildman–Crippen LogP) is 2.48. The van der Waals surface area contributed by atoms with Crippen LogP contribution in [0, 0.1) is 0 Å². The van der Waals surface area contributed by atoms with Crippen molar-refractivity contribution in [1.29, 1.82) is 0 Å². The molecular weight excluding hydrogens is 234 g/mol. The molecule has 0 bridgehead atoms. The van der Waals surface area contributed by atoms with E-state index in [1.165, 1.54) is 6.42 Å². The molecule has 17 heavy (non-hydrogen) atoms. The largest absolute Gasteiger partial charge is 0.381 e. The number of rotatable bonds is 3. The molecule has 1 aromatic carbocycles. The smallest absolute Gasteiger partial charge is 0.316 e. The van der Waals surface area contributed by atoms with Crippen LogP contribution >= 0.6 is 11.8 Å². The van der Waals surface area contributed by atoms with Crippen molar-refractivity contribution >= 4 is 29.2 Å². The van der Waals surface area contributed by atoms with Crippen molar-refractivity contribution in [2.24, 2.45) is 5.73 Å². The number of carbonyl (C=O) groups is 1. The van der Waals surface area contributed by atoms with Crippen molar-refractivity contribution in [2.75, 3.05) is 16.4 Å². The van der Waals surface area contributed by atoms with Crippen molar-refractivity contribution in [3.05, 3.63) is 24.3 Å². The molecule has 1 aliphatic heterocycles. The second-order valence-corrected chi connectivity index (χ2v) is 5.76. The minimum atomic E-state index is -0.535. The van der Waals surface area contributed by atoms with Gasteiger partial charge in [-0.3, -0.25) is 0 Å². The first kappa shape index (κ1) is 12.1. The first-order valence-electron chi connectivity index (χ1n) is 5.68. The molecule has 5 heteroatoms. The van der Waals surface area contributed by atoms with Crippen LogP contribution in [0.3, 0.4) is 0 Å². The van der Waals surface area contributed by atoms with Crippen molar-refractivity contribution in [1.82, 2.24) is 0 Å². The fraction of sp³-hybridized carbons (Fsp3) is 0.417. The highest BCUT2D eigenvalue weighted by Gasteiger charge is 2.21. The summed E-state index contributed by atoms with van der Waals surface area (Å²) in [6.07, 6.45) is 1.20. The third-order valence-corrected chi connectivity index (χ3v) is 4.08. The van der Waals surface area contributed by atoms with Gasteiger partial charge in [0, 0.05) is 28.4 Å². The maximum atomic E-state index is 10.7. The van der Waals surface area contributed by atoms with E-state index in [9.17, 15) is 4.79 Å². The van der Waals surface area contributed by atoms with Gasteiger partial charge in [-0.1, -0.05) is 6.92 Å². The Morgan fingerprint density at radius 2 is 2.00 bits per heavy atom. The van der Waals surface area contributed by atoms with Crippen molar-refractivity contribution in [2.45, 2.75) is 24.6 Å². The molecule has 0 spiro atoms. The summed E-state index contributed by atoms with van der Waals surface area (Å²) in [5, 5.41) is 6.77. The maximum absolute atomic E-state index is 10.7. The van der Waals surface area contributed by atoms with Crippen LogP contribution in [-0.2, 0) is 0 Å². The molecule has 0 aromatic heterocycles. The first-order valence-corrected chi connectivity index (χ1v) is 6.73. The fourth-order valence-electron chi connectivity index (χ4n) is 1.95. The number of hydrogen-bond donors (Lipinski definition) is 3. The molecule has 2 amide bonds. The van der Waals surface area contributed by atoms with Crippen molar-refractivity contribution in [3.63, 3.8) is 0 Å². The Morgan fingerprint density at radius 3 is 2.53 bits per heavy atom. The lowest BCUT2D eigenvalue weighted by molar-refractivity contribution is 0.259. The molecule has 2 rings (SSSR count). The lowest BCUT2D eigenvalue weighted by Crippen LogP contribution is -2.20. The highest BCUT2D eigenvalue weighted by atomic mass is 32.2. The van der Waals surface area contributed by atoms with E-state index < -0.39 is 6.03 Å². The van der Waals surface area contributed by atoms with Crippen LogP contribution < -0.4 is 16.4 Å². The number of carbonyl (C=O) groups excluding carboxylic acids is 1. The number of hydrogen-bond acceptors (Lipinski definition) is 3. The Morgan fingerprint density at radius 1 is 1.35 bits per heavy atom. The molecule has 0 aliphatic carbocycles. The molecule has 0 radical (unpaired) electrons. The van der Waals surface area contributed by atoms with Crippen LogP contribution in [0.25, 0.3) is 0 Å². The van der Waals surface area contributed by atoms with Gasteiger partial charge in [0.1, 0.15) is 0 Å². The van der Waals surface area contributed by atoms with Gasteiger partial charge in [-0.2, -0.15) is 11.8 Å². The predicted molar refractivity (Wildman–Crippen MR) is 73.6 cm³/mol. The second-order valence-electron chi connectivity index (χ2n) is 4.29. The second kappa shape index (κ2) is 5.31. The number of thioether (sulfide) groups is 1. The average molecular weight is 251 g/mol. The highest BCUT2D eigenvalue weighted by molar-refractivity contribution is 8.00. The lowest BCUT2D eigenvalue weighted by atomic mass is 10.2. The molecule has 1 aliphatic rings. The van der Waals surface area contributed by atoms with Crippen LogP contribution in [0.5, 0.6) is 0 Å². The summed E-state index contributed by atoms with van der Waals surface area (Å²) in [6, 6.07) is 7.62. The summed E-state index contributed by atoms with van der Waals surface area (Å²) in [5.74, 6) is 1.16. The third kappa shape index (κ3) is 3.56. The summed E-state index contributed by atoms with van der Waals surface area (Å²) in [7, 11) is 0. The molecule has 4 N–H and O–H groups in total. The van der Waals surface area contributed by atoms with Gasteiger partial charge in [0.2, 0.25) is 0 Å². The number of nitrogens with one attached hydrogen (secondary N) is 2. The fourth-order valence-corrected chi connectivity index (χ4v) is 3.09. The highest BCUT2D eigenvalue weighted by Crippen LogP contribution is 2.28. The van der Waals surface area contributed by atoms with Crippen molar-refractivity contribution < 1.29 is 4.79 Å². The minimum Gasteiger partial charge on any atom is -0.381 e. The van der Waals surface area contributed by atoms with Crippen LogP contribution in [0.1, 0.15) is 13.3 Å². The molecule has 1 saturated heterocycles. The molecular formula is C12H17N3OS. The Labute approximate surface area is 105 Å². The van der Waals surface area contributed by atoms with E-state index in [1.807, 2.05) is 36.0 Å². The summed E-state index contributed by atoms with van der Waals surface area (Å²) < 4.78 is 0. The molecule has 4 nitrogen and oxygen atoms in total. The van der Waals surface area contributed by atoms with Crippen LogP contribution in [0.2, 0.25) is 0 Å². The van der Waals surface area contributed by atoms with E-state index in [1.54, 1.807) is 0 Å². The number of urea groups is 1. The molecule has 2 unspecified atom stereocenters. The Hall–Kier alpha value is -1.36. The van der Waals surface area contributed by atoms with Crippen LogP contribution in [0.15, 0.2) is 24.3 Å². The Balaban J connectivity index is 1.91. The summed E-state index contributed by atoms with van der Waals surface area (Å²) in [6.45, 7) is 2.26. The van der Waals surface area contributed by atoms with Gasteiger partial charge >= 0.3 is 6.03 Å². The number of nitrogens with two attached hydrogens (primary N) is 1. The summed E-state index contributed by atoms with van der Waals surface area (Å²) in [5.41, 5.74) is 6.84. The van der Waals surface area contributed by atoms with Gasteiger partial charge in [0.05, 0.1) is 0 Å². The van der Waals surface area contributed by atoms with Gasteiger partial charge in [0.25, 0.3) is 0 Å². The van der Waals surface area contributed by atoms with Crippen LogP contribution in [0.4, 0.5) is 16.2 Å². The Kier molecular flexibility index (Phi) is 3.78.